The van der Waals surface area contributed by atoms with Crippen molar-refractivity contribution < 1.29 is 13.2 Å². The number of nitrogens with zero attached hydrogens (tertiary/aromatic N) is 2. The van der Waals surface area contributed by atoms with Crippen LogP contribution in [0.1, 0.15) is 12.5 Å². The second kappa shape index (κ2) is 5.55. The minimum absolute atomic E-state index is 0.0184. The summed E-state index contributed by atoms with van der Waals surface area (Å²) in [4.78, 5) is 5.48. The van der Waals surface area contributed by atoms with Crippen LogP contribution < -0.4 is 10.6 Å². The van der Waals surface area contributed by atoms with Gasteiger partial charge in [-0.05, 0) is 13.0 Å². The van der Waals surface area contributed by atoms with E-state index in [-0.39, 0.29) is 5.02 Å². The van der Waals surface area contributed by atoms with Crippen LogP contribution in [-0.4, -0.2) is 24.6 Å². The monoisotopic (exact) mass is 267 g/mol. The number of halogens is 4. The summed E-state index contributed by atoms with van der Waals surface area (Å²) < 4.78 is 37.2. The molecule has 0 spiro atoms. The molecule has 1 aromatic heterocycles. The van der Waals surface area contributed by atoms with Gasteiger partial charge >= 0.3 is 6.18 Å². The van der Waals surface area contributed by atoms with Gasteiger partial charge in [0.1, 0.15) is 5.82 Å². The van der Waals surface area contributed by atoms with E-state index in [4.69, 9.17) is 17.3 Å². The lowest BCUT2D eigenvalue weighted by Gasteiger charge is -2.22. The van der Waals surface area contributed by atoms with Gasteiger partial charge in [-0.25, -0.2) is 4.98 Å². The first-order valence-electron chi connectivity index (χ1n) is 5.08. The zero-order valence-electron chi connectivity index (χ0n) is 9.26. The van der Waals surface area contributed by atoms with Gasteiger partial charge in [-0.3, -0.25) is 0 Å². The van der Waals surface area contributed by atoms with Crippen LogP contribution in [0.4, 0.5) is 19.0 Å². The Morgan fingerprint density at radius 2 is 2.12 bits per heavy atom. The number of likely N-dealkylation sites (N-methyl/N-ethyl adjacent to an activating group) is 1. The number of rotatable bonds is 4. The smallest absolute Gasteiger partial charge is 0.354 e. The minimum Gasteiger partial charge on any atom is -0.354 e. The van der Waals surface area contributed by atoms with Crippen molar-refractivity contribution in [1.29, 1.82) is 0 Å². The van der Waals surface area contributed by atoms with Crippen molar-refractivity contribution in [3.05, 3.63) is 22.8 Å². The fraction of sp³-hybridized carbons (Fsp3) is 0.500. The first-order chi connectivity index (χ1) is 7.90. The van der Waals surface area contributed by atoms with Crippen molar-refractivity contribution in [3.63, 3.8) is 0 Å². The van der Waals surface area contributed by atoms with Gasteiger partial charge in [-0.1, -0.05) is 11.6 Å². The lowest BCUT2D eigenvalue weighted by molar-refractivity contribution is -0.137. The summed E-state index contributed by atoms with van der Waals surface area (Å²) in [5.74, 6) is 0.326. The molecule has 0 saturated heterocycles. The van der Waals surface area contributed by atoms with Gasteiger partial charge in [-0.15, -0.1) is 0 Å². The molecule has 3 nitrogen and oxygen atoms in total. The van der Waals surface area contributed by atoms with Crippen LogP contribution in [0.25, 0.3) is 0 Å². The zero-order chi connectivity index (χ0) is 13.1. The highest BCUT2D eigenvalue weighted by Gasteiger charge is 2.31. The van der Waals surface area contributed by atoms with E-state index in [0.717, 1.165) is 12.3 Å². The molecule has 0 aliphatic rings. The Morgan fingerprint density at radius 3 is 2.53 bits per heavy atom. The third-order valence-corrected chi connectivity index (χ3v) is 2.51. The van der Waals surface area contributed by atoms with Gasteiger partial charge in [0.25, 0.3) is 0 Å². The predicted octanol–water partition coefficient (Wildman–Crippen LogP) is 2.54. The summed E-state index contributed by atoms with van der Waals surface area (Å²) in [6.45, 7) is 3.31. The van der Waals surface area contributed by atoms with E-state index in [1.165, 1.54) is 0 Å². The first-order valence-corrected chi connectivity index (χ1v) is 5.45. The Labute approximate surface area is 102 Å². The van der Waals surface area contributed by atoms with Crippen molar-refractivity contribution in [2.45, 2.75) is 13.1 Å². The standard InChI is InChI=1S/C10H13ClF3N3/c1-2-17(4-3-15)9-8(11)5-7(6-16-9)10(12,13)14/h5-6H,2-4,15H2,1H3. The van der Waals surface area contributed by atoms with Crippen LogP contribution in [0.5, 0.6) is 0 Å². The third kappa shape index (κ3) is 3.47. The molecule has 0 radical (unpaired) electrons. The normalized spacial score (nSPS) is 11.6. The Morgan fingerprint density at radius 1 is 1.47 bits per heavy atom. The summed E-state index contributed by atoms with van der Waals surface area (Å²) in [7, 11) is 0. The van der Waals surface area contributed by atoms with Crippen molar-refractivity contribution in [2.24, 2.45) is 5.73 Å². The number of alkyl halides is 3. The highest BCUT2D eigenvalue weighted by Crippen LogP contribution is 2.33. The van der Waals surface area contributed by atoms with Gasteiger partial charge in [0, 0.05) is 25.8 Å². The number of pyridine rings is 1. The first kappa shape index (κ1) is 14.1. The molecule has 1 rings (SSSR count). The second-order valence-electron chi connectivity index (χ2n) is 3.40. The predicted molar refractivity (Wildman–Crippen MR) is 61.2 cm³/mol. The molecule has 0 aliphatic heterocycles. The molecule has 1 heterocycles. The number of hydrogen-bond donors (Lipinski definition) is 1. The molecule has 2 N–H and O–H groups in total. The lowest BCUT2D eigenvalue weighted by Crippen LogP contribution is -2.30. The zero-order valence-corrected chi connectivity index (χ0v) is 10.0. The lowest BCUT2D eigenvalue weighted by atomic mass is 10.2. The van der Waals surface area contributed by atoms with Crippen molar-refractivity contribution in [1.82, 2.24) is 4.98 Å². The topological polar surface area (TPSA) is 42.1 Å². The maximum atomic E-state index is 12.4. The van der Waals surface area contributed by atoms with Crippen molar-refractivity contribution >= 4 is 17.4 Å². The number of aromatic nitrogens is 1. The summed E-state index contributed by atoms with van der Waals surface area (Å²) in [5.41, 5.74) is 4.55. The van der Waals surface area contributed by atoms with Crippen molar-refractivity contribution in [2.75, 3.05) is 24.5 Å². The Kier molecular flexibility index (Phi) is 4.59. The number of hydrogen-bond acceptors (Lipinski definition) is 3. The molecule has 0 bridgehead atoms. The summed E-state index contributed by atoms with van der Waals surface area (Å²) in [5, 5.41) is -0.0184. The number of nitrogens with two attached hydrogens (primary N) is 1. The maximum Gasteiger partial charge on any atom is 0.417 e. The molecule has 1 aromatic rings. The third-order valence-electron chi connectivity index (χ3n) is 2.23. The van der Waals surface area contributed by atoms with Crippen LogP contribution in [0.15, 0.2) is 12.3 Å². The average Bonchev–Trinajstić information content (AvgIpc) is 2.25. The second-order valence-corrected chi connectivity index (χ2v) is 3.80. The molecule has 7 heteroatoms. The maximum absolute atomic E-state index is 12.4. The molecule has 96 valence electrons. The van der Waals surface area contributed by atoms with Gasteiger partial charge in [-0.2, -0.15) is 13.2 Å². The van der Waals surface area contributed by atoms with Crippen LogP contribution in [0.2, 0.25) is 5.02 Å². The largest absolute Gasteiger partial charge is 0.417 e. The minimum atomic E-state index is -4.43. The van der Waals surface area contributed by atoms with Gasteiger partial charge < -0.3 is 10.6 Å². The molecule has 0 fully saturated rings. The molecule has 0 amide bonds. The molecule has 0 aliphatic carbocycles. The number of anilines is 1. The van der Waals surface area contributed by atoms with E-state index in [2.05, 4.69) is 4.98 Å². The highest BCUT2D eigenvalue weighted by atomic mass is 35.5. The average molecular weight is 268 g/mol. The quantitative estimate of drug-likeness (QED) is 0.912. The van der Waals surface area contributed by atoms with Gasteiger partial charge in [0.05, 0.1) is 10.6 Å². The van der Waals surface area contributed by atoms with E-state index in [1.807, 2.05) is 6.92 Å². The summed E-state index contributed by atoms with van der Waals surface area (Å²) in [6.07, 6.45) is -3.65. The summed E-state index contributed by atoms with van der Waals surface area (Å²) >= 11 is 5.80. The fourth-order valence-electron chi connectivity index (χ4n) is 1.39. The van der Waals surface area contributed by atoms with E-state index in [9.17, 15) is 13.2 Å². The highest BCUT2D eigenvalue weighted by molar-refractivity contribution is 6.33. The summed E-state index contributed by atoms with van der Waals surface area (Å²) in [6, 6.07) is 0.878. The Bertz CT molecular complexity index is 382. The van der Waals surface area contributed by atoms with E-state index >= 15 is 0 Å². The fourth-order valence-corrected chi connectivity index (χ4v) is 1.67. The molecule has 0 unspecified atom stereocenters. The Balaban J connectivity index is 3.04. The van der Waals surface area contributed by atoms with Crippen LogP contribution >= 0.6 is 11.6 Å². The molecular formula is C10H13ClF3N3. The van der Waals surface area contributed by atoms with E-state index in [0.29, 0.717) is 25.5 Å². The molecule has 17 heavy (non-hydrogen) atoms. The molecule has 0 saturated carbocycles. The van der Waals surface area contributed by atoms with Gasteiger partial charge in [0.15, 0.2) is 0 Å². The van der Waals surface area contributed by atoms with Crippen LogP contribution in [0.3, 0.4) is 0 Å². The molecule has 0 aromatic carbocycles. The van der Waals surface area contributed by atoms with Crippen molar-refractivity contribution in [3.8, 4) is 0 Å². The molecular weight excluding hydrogens is 255 g/mol. The van der Waals surface area contributed by atoms with Crippen LogP contribution in [-0.2, 0) is 6.18 Å². The Hall–Kier alpha value is -1.01. The molecule has 0 atom stereocenters. The van der Waals surface area contributed by atoms with E-state index in [1.54, 1.807) is 4.90 Å². The van der Waals surface area contributed by atoms with Gasteiger partial charge in [0.2, 0.25) is 0 Å². The van der Waals surface area contributed by atoms with Crippen LogP contribution in [0, 0.1) is 0 Å². The SMILES string of the molecule is CCN(CCN)c1ncc(C(F)(F)F)cc1Cl. The van der Waals surface area contributed by atoms with E-state index < -0.39 is 11.7 Å².